The lowest BCUT2D eigenvalue weighted by Crippen LogP contribution is -2.18. The van der Waals surface area contributed by atoms with Crippen LogP contribution in [0.4, 0.5) is 5.82 Å². The number of aromatic nitrogens is 4. The molecule has 6 nitrogen and oxygen atoms in total. The highest BCUT2D eigenvalue weighted by atomic mass is 32.1. The third-order valence-electron chi connectivity index (χ3n) is 4.54. The number of hydrogen-bond acceptors (Lipinski definition) is 5. The molecule has 1 N–H and O–H groups in total. The van der Waals surface area contributed by atoms with E-state index < -0.39 is 0 Å². The van der Waals surface area contributed by atoms with Crippen molar-refractivity contribution in [2.45, 2.75) is 39.5 Å². The molecule has 4 rings (SSSR count). The van der Waals surface area contributed by atoms with Crippen molar-refractivity contribution in [2.24, 2.45) is 7.05 Å². The second kappa shape index (κ2) is 5.66. The fraction of sp³-hybridized carbons (Fsp3) is 0.412. The van der Waals surface area contributed by atoms with Crippen molar-refractivity contribution in [3.63, 3.8) is 0 Å². The molecule has 7 heteroatoms. The van der Waals surface area contributed by atoms with E-state index in [9.17, 15) is 4.79 Å². The largest absolute Gasteiger partial charge is 0.304 e. The van der Waals surface area contributed by atoms with Crippen molar-refractivity contribution in [2.75, 3.05) is 5.32 Å². The minimum atomic E-state index is -0.139. The van der Waals surface area contributed by atoms with Gasteiger partial charge in [0.2, 0.25) is 0 Å². The molecule has 0 unspecified atom stereocenters. The number of anilines is 1. The highest BCUT2D eigenvalue weighted by Gasteiger charge is 2.25. The second-order valence-electron chi connectivity index (χ2n) is 6.35. The van der Waals surface area contributed by atoms with Gasteiger partial charge in [-0.3, -0.25) is 9.48 Å². The van der Waals surface area contributed by atoms with E-state index in [1.54, 1.807) is 4.68 Å². The lowest BCUT2D eigenvalue weighted by molar-refractivity contribution is 0.101. The van der Waals surface area contributed by atoms with Crippen LogP contribution in [-0.2, 0) is 19.9 Å². The third kappa shape index (κ3) is 2.39. The van der Waals surface area contributed by atoms with Crippen LogP contribution in [0.1, 0.15) is 45.8 Å². The number of carbonyl (C=O) groups is 1. The average molecular weight is 341 g/mol. The molecule has 1 amide bonds. The van der Waals surface area contributed by atoms with Crippen LogP contribution in [0.15, 0.2) is 6.07 Å². The van der Waals surface area contributed by atoms with Crippen LogP contribution in [0.25, 0.3) is 10.2 Å². The molecular formula is C17H19N5OS. The fourth-order valence-electron chi connectivity index (χ4n) is 3.51. The minimum Gasteiger partial charge on any atom is -0.304 e. The summed E-state index contributed by atoms with van der Waals surface area (Å²) >= 11 is 1.32. The first kappa shape index (κ1) is 15.3. The zero-order valence-electron chi connectivity index (χ0n) is 14.0. The maximum absolute atomic E-state index is 12.9. The van der Waals surface area contributed by atoms with Gasteiger partial charge in [0, 0.05) is 18.3 Å². The standard InChI is InChI=1S/C17H19N5OS/c1-9-8-10(2)18-17-13(9)15(21-24-17)19-16(23)14-11-6-4-5-7-12(11)20-22(14)3/h8H,4-7H2,1-3H3,(H,19,21,23). The van der Waals surface area contributed by atoms with E-state index in [2.05, 4.69) is 19.8 Å². The Morgan fingerprint density at radius 3 is 2.92 bits per heavy atom. The quantitative estimate of drug-likeness (QED) is 0.777. The minimum absolute atomic E-state index is 0.139. The van der Waals surface area contributed by atoms with E-state index in [0.717, 1.165) is 58.4 Å². The average Bonchev–Trinajstić information content (AvgIpc) is 3.07. The highest BCUT2D eigenvalue weighted by molar-refractivity contribution is 7.13. The zero-order chi connectivity index (χ0) is 16.8. The van der Waals surface area contributed by atoms with Gasteiger partial charge in [0.25, 0.3) is 5.91 Å². The topological polar surface area (TPSA) is 72.7 Å². The normalized spacial score (nSPS) is 14.0. The lowest BCUT2D eigenvalue weighted by Gasteiger charge is -2.11. The molecule has 0 aliphatic heterocycles. The number of hydrogen-bond donors (Lipinski definition) is 1. The Balaban J connectivity index is 1.72. The van der Waals surface area contributed by atoms with Gasteiger partial charge in [0.1, 0.15) is 10.5 Å². The maximum Gasteiger partial charge on any atom is 0.275 e. The van der Waals surface area contributed by atoms with Gasteiger partial charge in [-0.2, -0.15) is 9.47 Å². The molecule has 3 aromatic heterocycles. The maximum atomic E-state index is 12.9. The molecule has 3 heterocycles. The Kier molecular flexibility index (Phi) is 3.60. The summed E-state index contributed by atoms with van der Waals surface area (Å²) in [5.74, 6) is 0.455. The molecule has 0 atom stereocenters. The number of amides is 1. The van der Waals surface area contributed by atoms with E-state index in [1.165, 1.54) is 11.5 Å². The van der Waals surface area contributed by atoms with Gasteiger partial charge in [-0.25, -0.2) is 4.98 Å². The molecule has 24 heavy (non-hydrogen) atoms. The van der Waals surface area contributed by atoms with Crippen LogP contribution >= 0.6 is 11.5 Å². The van der Waals surface area contributed by atoms with E-state index in [0.29, 0.717) is 11.5 Å². The molecule has 1 aliphatic carbocycles. The van der Waals surface area contributed by atoms with Gasteiger partial charge >= 0.3 is 0 Å². The summed E-state index contributed by atoms with van der Waals surface area (Å²) in [7, 11) is 1.84. The van der Waals surface area contributed by atoms with Crippen LogP contribution in [-0.4, -0.2) is 25.0 Å². The van der Waals surface area contributed by atoms with Gasteiger partial charge in [-0.15, -0.1) is 0 Å². The highest BCUT2D eigenvalue weighted by Crippen LogP contribution is 2.30. The van der Waals surface area contributed by atoms with Gasteiger partial charge in [-0.1, -0.05) is 0 Å². The van der Waals surface area contributed by atoms with Crippen LogP contribution in [0.3, 0.4) is 0 Å². The molecule has 1 aliphatic rings. The SMILES string of the molecule is Cc1cc(C)c2c(NC(=O)c3c4c(nn3C)CCCC4)nsc2n1. The summed E-state index contributed by atoms with van der Waals surface area (Å²) < 4.78 is 6.11. The third-order valence-corrected chi connectivity index (χ3v) is 5.28. The van der Waals surface area contributed by atoms with Crippen molar-refractivity contribution in [3.8, 4) is 0 Å². The summed E-state index contributed by atoms with van der Waals surface area (Å²) in [4.78, 5) is 18.2. The van der Waals surface area contributed by atoms with Crippen molar-refractivity contribution < 1.29 is 4.79 Å². The fourth-order valence-corrected chi connectivity index (χ4v) is 4.36. The van der Waals surface area contributed by atoms with Crippen molar-refractivity contribution >= 4 is 33.5 Å². The number of nitrogens with zero attached hydrogens (tertiary/aromatic N) is 4. The first-order valence-corrected chi connectivity index (χ1v) is 8.91. The van der Waals surface area contributed by atoms with Crippen LogP contribution in [0.5, 0.6) is 0 Å². The van der Waals surface area contributed by atoms with E-state index >= 15 is 0 Å². The van der Waals surface area contributed by atoms with Gasteiger partial charge < -0.3 is 5.32 Å². The molecule has 0 radical (unpaired) electrons. The molecule has 3 aromatic rings. The molecule has 0 fully saturated rings. The van der Waals surface area contributed by atoms with E-state index in [1.807, 2.05) is 27.0 Å². The van der Waals surface area contributed by atoms with Gasteiger partial charge in [-0.05, 0) is 62.7 Å². The van der Waals surface area contributed by atoms with E-state index in [4.69, 9.17) is 0 Å². The first-order chi connectivity index (χ1) is 11.5. The van der Waals surface area contributed by atoms with Crippen molar-refractivity contribution in [3.05, 3.63) is 34.3 Å². The number of aryl methyl sites for hydroxylation is 4. The van der Waals surface area contributed by atoms with Crippen molar-refractivity contribution in [1.82, 2.24) is 19.1 Å². The predicted molar refractivity (Wildman–Crippen MR) is 94.7 cm³/mol. The smallest absolute Gasteiger partial charge is 0.275 e. The Labute approximate surface area is 144 Å². The molecule has 0 spiro atoms. The molecule has 0 aromatic carbocycles. The number of rotatable bonds is 2. The van der Waals surface area contributed by atoms with Crippen LogP contribution < -0.4 is 5.32 Å². The molecule has 0 saturated carbocycles. The Morgan fingerprint density at radius 1 is 1.29 bits per heavy atom. The predicted octanol–water partition coefficient (Wildman–Crippen LogP) is 3.17. The first-order valence-electron chi connectivity index (χ1n) is 8.14. The van der Waals surface area contributed by atoms with Crippen LogP contribution in [0, 0.1) is 13.8 Å². The Morgan fingerprint density at radius 2 is 2.08 bits per heavy atom. The van der Waals surface area contributed by atoms with Gasteiger partial charge in [0.15, 0.2) is 5.82 Å². The summed E-state index contributed by atoms with van der Waals surface area (Å²) in [6.07, 6.45) is 4.13. The summed E-state index contributed by atoms with van der Waals surface area (Å²) in [5, 5.41) is 8.42. The van der Waals surface area contributed by atoms with Crippen LogP contribution in [0.2, 0.25) is 0 Å². The number of pyridine rings is 1. The Bertz CT molecular complexity index is 956. The number of fused-ring (bicyclic) bond motifs is 2. The summed E-state index contributed by atoms with van der Waals surface area (Å²) in [6, 6.07) is 2.01. The molecule has 0 saturated heterocycles. The number of nitrogens with one attached hydrogen (secondary N) is 1. The lowest BCUT2D eigenvalue weighted by atomic mass is 9.95. The van der Waals surface area contributed by atoms with Crippen molar-refractivity contribution in [1.29, 1.82) is 0 Å². The second-order valence-corrected chi connectivity index (χ2v) is 7.10. The number of carbonyl (C=O) groups excluding carboxylic acids is 1. The van der Waals surface area contributed by atoms with E-state index in [-0.39, 0.29) is 5.91 Å². The monoisotopic (exact) mass is 341 g/mol. The Hall–Kier alpha value is -2.28. The molecular weight excluding hydrogens is 322 g/mol. The summed E-state index contributed by atoms with van der Waals surface area (Å²) in [5.41, 5.74) is 4.84. The molecule has 0 bridgehead atoms. The zero-order valence-corrected chi connectivity index (χ0v) is 14.8. The van der Waals surface area contributed by atoms with Gasteiger partial charge in [0.05, 0.1) is 11.1 Å². The summed E-state index contributed by atoms with van der Waals surface area (Å²) in [6.45, 7) is 3.99. The molecule has 124 valence electrons.